The summed E-state index contributed by atoms with van der Waals surface area (Å²) in [6.45, 7) is 0. The Bertz CT molecular complexity index is 1010. The summed E-state index contributed by atoms with van der Waals surface area (Å²) >= 11 is 0. The highest BCUT2D eigenvalue weighted by atomic mass is 16.7. The van der Waals surface area contributed by atoms with Gasteiger partial charge in [0.25, 0.3) is 0 Å². The number of hydrogen-bond acceptors (Lipinski definition) is 4. The van der Waals surface area contributed by atoms with Crippen LogP contribution in [0.15, 0.2) is 59.8 Å². The normalized spacial score (nSPS) is 21.3. The van der Waals surface area contributed by atoms with E-state index in [1.165, 1.54) is 5.56 Å². The Labute approximate surface area is 152 Å². The molecule has 2 aromatic carbocycles. The summed E-state index contributed by atoms with van der Waals surface area (Å²) < 4.78 is 5.25. The van der Waals surface area contributed by atoms with Crippen LogP contribution in [0.2, 0.25) is 0 Å². The van der Waals surface area contributed by atoms with Crippen molar-refractivity contribution in [2.75, 3.05) is 7.11 Å². The van der Waals surface area contributed by atoms with Gasteiger partial charge in [0.1, 0.15) is 5.75 Å². The highest BCUT2D eigenvalue weighted by Crippen LogP contribution is 2.45. The summed E-state index contributed by atoms with van der Waals surface area (Å²) in [6, 6.07) is 18.6. The topological polar surface area (TPSA) is 43.7 Å². The Balaban J connectivity index is 1.52. The van der Waals surface area contributed by atoms with E-state index in [9.17, 15) is 0 Å². The van der Waals surface area contributed by atoms with E-state index in [0.717, 1.165) is 59.3 Å². The zero-order valence-corrected chi connectivity index (χ0v) is 14.7. The molecule has 1 aromatic heterocycles. The van der Waals surface area contributed by atoms with Crippen LogP contribution in [0, 0.1) is 0 Å². The fraction of sp³-hybridized carbons (Fsp3) is 0.273. The largest absolute Gasteiger partial charge is 0.497 e. The third kappa shape index (κ3) is 2.37. The lowest BCUT2D eigenvalue weighted by atomic mass is 9.77. The van der Waals surface area contributed by atoms with Crippen molar-refractivity contribution >= 4 is 16.6 Å². The lowest BCUT2D eigenvalue weighted by Crippen LogP contribution is -2.31. The Morgan fingerprint density at radius 3 is 2.77 bits per heavy atom. The summed E-state index contributed by atoms with van der Waals surface area (Å²) in [5.41, 5.74) is 5.12. The van der Waals surface area contributed by atoms with Gasteiger partial charge >= 0.3 is 0 Å². The summed E-state index contributed by atoms with van der Waals surface area (Å²) in [5.74, 6) is 0.849. The number of hydrogen-bond donors (Lipinski definition) is 0. The van der Waals surface area contributed by atoms with Gasteiger partial charge in [-0.3, -0.25) is 4.98 Å². The number of ether oxygens (including phenoxy) is 1. The minimum absolute atomic E-state index is 0.375. The summed E-state index contributed by atoms with van der Waals surface area (Å²) in [5, 5.41) is 5.63. The van der Waals surface area contributed by atoms with E-state index in [2.05, 4.69) is 29.4 Å². The number of fused-ring (bicyclic) bond motifs is 3. The minimum atomic E-state index is -0.375. The van der Waals surface area contributed by atoms with Gasteiger partial charge in [0.2, 0.25) is 0 Å². The lowest BCUT2D eigenvalue weighted by Gasteiger charge is -2.32. The quantitative estimate of drug-likeness (QED) is 0.682. The number of methoxy groups -OCH3 is 1. The van der Waals surface area contributed by atoms with Crippen molar-refractivity contribution in [1.29, 1.82) is 0 Å². The second kappa shape index (κ2) is 5.84. The van der Waals surface area contributed by atoms with Crippen molar-refractivity contribution in [3.63, 3.8) is 0 Å². The number of para-hydroxylation sites is 1. The third-order valence-electron chi connectivity index (χ3n) is 5.49. The molecule has 2 aliphatic rings. The van der Waals surface area contributed by atoms with Gasteiger partial charge in [-0.2, -0.15) is 0 Å². The fourth-order valence-electron chi connectivity index (χ4n) is 4.11. The van der Waals surface area contributed by atoms with E-state index < -0.39 is 0 Å². The van der Waals surface area contributed by atoms with E-state index in [4.69, 9.17) is 14.6 Å². The van der Waals surface area contributed by atoms with Crippen LogP contribution in [0.5, 0.6) is 5.75 Å². The standard InChI is InChI=1S/C22H20N2O2/c1-25-17-10-8-15(9-11-17)21-14-22(26-24-21)12-4-7-20-18(22)13-16-5-2-3-6-19(16)23-20/h2-3,5-6,8-11,13H,4,7,12,14H2,1H3/t22-/m0/s1. The Morgan fingerprint density at radius 2 is 1.92 bits per heavy atom. The molecule has 26 heavy (non-hydrogen) atoms. The van der Waals surface area contributed by atoms with Gasteiger partial charge < -0.3 is 9.57 Å². The molecule has 0 fully saturated rings. The van der Waals surface area contributed by atoms with Gasteiger partial charge in [-0.05, 0) is 61.2 Å². The third-order valence-corrected chi connectivity index (χ3v) is 5.49. The molecule has 1 atom stereocenters. The van der Waals surface area contributed by atoms with Crippen LogP contribution in [0.25, 0.3) is 10.9 Å². The van der Waals surface area contributed by atoms with Crippen LogP contribution in [-0.4, -0.2) is 17.8 Å². The van der Waals surface area contributed by atoms with E-state index in [-0.39, 0.29) is 5.60 Å². The Kier molecular flexibility index (Phi) is 3.45. The van der Waals surface area contributed by atoms with Gasteiger partial charge in [-0.25, -0.2) is 0 Å². The second-order valence-electron chi connectivity index (χ2n) is 7.06. The van der Waals surface area contributed by atoms with Crippen LogP contribution in [0.3, 0.4) is 0 Å². The summed E-state index contributed by atoms with van der Waals surface area (Å²) in [4.78, 5) is 11.0. The molecule has 0 radical (unpaired) electrons. The molecular formula is C22H20N2O2. The molecule has 1 aliphatic heterocycles. The summed E-state index contributed by atoms with van der Waals surface area (Å²) in [7, 11) is 1.68. The maximum atomic E-state index is 6.10. The zero-order valence-electron chi connectivity index (χ0n) is 14.7. The number of aromatic nitrogens is 1. The average molecular weight is 344 g/mol. The molecule has 2 heterocycles. The van der Waals surface area contributed by atoms with Crippen molar-refractivity contribution in [1.82, 2.24) is 4.98 Å². The van der Waals surface area contributed by atoms with Gasteiger partial charge in [0.05, 0.1) is 18.3 Å². The predicted molar refractivity (Wildman–Crippen MR) is 102 cm³/mol. The Morgan fingerprint density at radius 1 is 1.08 bits per heavy atom. The van der Waals surface area contributed by atoms with E-state index in [1.807, 2.05) is 30.3 Å². The maximum absolute atomic E-state index is 6.10. The smallest absolute Gasteiger partial charge is 0.170 e. The zero-order chi connectivity index (χ0) is 17.6. The van der Waals surface area contributed by atoms with Gasteiger partial charge in [0, 0.05) is 23.1 Å². The number of aryl methyl sites for hydroxylation is 1. The Hall–Kier alpha value is -2.88. The summed E-state index contributed by atoms with van der Waals surface area (Å²) in [6.07, 6.45) is 3.84. The molecule has 0 amide bonds. The molecule has 3 aromatic rings. The molecule has 0 N–H and O–H groups in total. The van der Waals surface area contributed by atoms with E-state index >= 15 is 0 Å². The molecule has 5 rings (SSSR count). The van der Waals surface area contributed by atoms with Crippen LogP contribution >= 0.6 is 0 Å². The number of pyridine rings is 1. The number of benzene rings is 2. The molecule has 0 unspecified atom stereocenters. The average Bonchev–Trinajstić information content (AvgIpc) is 3.12. The van der Waals surface area contributed by atoms with Crippen molar-refractivity contribution in [2.24, 2.45) is 5.16 Å². The highest BCUT2D eigenvalue weighted by molar-refractivity contribution is 6.02. The predicted octanol–water partition coefficient (Wildman–Crippen LogP) is 4.60. The van der Waals surface area contributed by atoms with Crippen LogP contribution < -0.4 is 4.74 Å². The maximum Gasteiger partial charge on any atom is 0.170 e. The molecule has 4 nitrogen and oxygen atoms in total. The molecule has 0 saturated carbocycles. The number of nitrogens with zero attached hydrogens (tertiary/aromatic N) is 2. The van der Waals surface area contributed by atoms with Crippen molar-refractivity contribution < 1.29 is 9.57 Å². The SMILES string of the molecule is COc1ccc(C2=NO[C@@]3(CCCc4nc5ccccc5cc43)C2)cc1. The van der Waals surface area contributed by atoms with Gasteiger partial charge in [-0.15, -0.1) is 0 Å². The highest BCUT2D eigenvalue weighted by Gasteiger charge is 2.45. The van der Waals surface area contributed by atoms with Crippen molar-refractivity contribution in [3.8, 4) is 5.75 Å². The first kappa shape index (κ1) is 15.4. The molecule has 1 spiro atoms. The molecule has 4 heteroatoms. The molecule has 0 saturated heterocycles. The monoisotopic (exact) mass is 344 g/mol. The minimum Gasteiger partial charge on any atom is -0.497 e. The molecule has 0 bridgehead atoms. The van der Waals surface area contributed by atoms with E-state index in [0.29, 0.717) is 0 Å². The van der Waals surface area contributed by atoms with Crippen LogP contribution in [0.4, 0.5) is 0 Å². The molecular weight excluding hydrogens is 324 g/mol. The van der Waals surface area contributed by atoms with Crippen molar-refractivity contribution in [3.05, 3.63) is 71.4 Å². The van der Waals surface area contributed by atoms with Crippen LogP contribution in [0.1, 0.15) is 36.1 Å². The fourth-order valence-corrected chi connectivity index (χ4v) is 4.11. The van der Waals surface area contributed by atoms with Gasteiger partial charge in [0.15, 0.2) is 5.60 Å². The van der Waals surface area contributed by atoms with Gasteiger partial charge in [-0.1, -0.05) is 23.4 Å². The molecule has 130 valence electrons. The lowest BCUT2D eigenvalue weighted by molar-refractivity contribution is -0.0366. The second-order valence-corrected chi connectivity index (χ2v) is 7.06. The number of oxime groups is 1. The first-order chi connectivity index (χ1) is 12.8. The van der Waals surface area contributed by atoms with E-state index in [1.54, 1.807) is 7.11 Å². The molecule has 1 aliphatic carbocycles. The first-order valence-electron chi connectivity index (χ1n) is 9.06. The van der Waals surface area contributed by atoms with Crippen LogP contribution in [-0.2, 0) is 16.9 Å². The first-order valence-corrected chi connectivity index (χ1v) is 9.06. The number of rotatable bonds is 2. The van der Waals surface area contributed by atoms with Crippen molar-refractivity contribution in [2.45, 2.75) is 31.3 Å².